The average molecular weight is 257 g/mol. The zero-order chi connectivity index (χ0) is 13.5. The van der Waals surface area contributed by atoms with E-state index in [4.69, 9.17) is 0 Å². The van der Waals surface area contributed by atoms with Crippen LogP contribution in [0.3, 0.4) is 0 Å². The lowest BCUT2D eigenvalue weighted by Gasteiger charge is -2.05. The standard InChI is InChI=1S/C11H13F2N3O2/c1-3-7(2)16-11(17)8-4-15-10(5-14-8)18-6-9(12)13/h3-5,9H,6H2,1-2H3,(H,16,17). The van der Waals surface area contributed by atoms with Crippen molar-refractivity contribution in [2.45, 2.75) is 20.3 Å². The van der Waals surface area contributed by atoms with Crippen LogP contribution in [-0.4, -0.2) is 28.9 Å². The highest BCUT2D eigenvalue weighted by molar-refractivity contribution is 5.93. The zero-order valence-corrected chi connectivity index (χ0v) is 9.98. The van der Waals surface area contributed by atoms with E-state index in [2.05, 4.69) is 20.0 Å². The Bertz CT molecular complexity index is 432. The first-order valence-corrected chi connectivity index (χ1v) is 5.20. The lowest BCUT2D eigenvalue weighted by atomic mass is 10.4. The molecule has 1 N–H and O–H groups in total. The Morgan fingerprint density at radius 3 is 2.72 bits per heavy atom. The summed E-state index contributed by atoms with van der Waals surface area (Å²) in [5, 5.41) is 2.57. The molecule has 1 amide bonds. The number of aromatic nitrogens is 2. The maximum absolute atomic E-state index is 11.9. The molecule has 0 saturated carbocycles. The third-order valence-electron chi connectivity index (χ3n) is 1.96. The predicted octanol–water partition coefficient (Wildman–Crippen LogP) is 1.77. The van der Waals surface area contributed by atoms with Gasteiger partial charge in [0, 0.05) is 5.70 Å². The Kier molecular flexibility index (Phi) is 5.16. The smallest absolute Gasteiger partial charge is 0.275 e. The van der Waals surface area contributed by atoms with E-state index in [-0.39, 0.29) is 11.6 Å². The first-order valence-electron chi connectivity index (χ1n) is 5.20. The Morgan fingerprint density at radius 2 is 2.22 bits per heavy atom. The molecule has 0 aliphatic rings. The number of allylic oxidation sites excluding steroid dienone is 2. The summed E-state index contributed by atoms with van der Waals surface area (Å²) in [5.74, 6) is -0.465. The Labute approximate surface area is 103 Å². The minimum Gasteiger partial charge on any atom is -0.470 e. The lowest BCUT2D eigenvalue weighted by molar-refractivity contribution is 0.0792. The van der Waals surface area contributed by atoms with Crippen LogP contribution in [0.1, 0.15) is 24.3 Å². The third-order valence-corrected chi connectivity index (χ3v) is 1.96. The molecular formula is C11H13F2N3O2. The van der Waals surface area contributed by atoms with E-state index >= 15 is 0 Å². The normalized spacial score (nSPS) is 11.5. The van der Waals surface area contributed by atoms with E-state index in [1.807, 2.05) is 0 Å². The molecule has 18 heavy (non-hydrogen) atoms. The van der Waals surface area contributed by atoms with Crippen molar-refractivity contribution >= 4 is 5.91 Å². The number of alkyl halides is 2. The maximum atomic E-state index is 11.9. The predicted molar refractivity (Wildman–Crippen MR) is 60.4 cm³/mol. The van der Waals surface area contributed by atoms with Gasteiger partial charge in [-0.2, -0.15) is 0 Å². The van der Waals surface area contributed by atoms with Gasteiger partial charge in [0.1, 0.15) is 5.69 Å². The highest BCUT2D eigenvalue weighted by Crippen LogP contribution is 2.06. The highest BCUT2D eigenvalue weighted by Gasteiger charge is 2.09. The van der Waals surface area contributed by atoms with Gasteiger partial charge >= 0.3 is 0 Å². The number of halogens is 2. The fourth-order valence-corrected chi connectivity index (χ4v) is 0.972. The monoisotopic (exact) mass is 257 g/mol. The van der Waals surface area contributed by atoms with Gasteiger partial charge in [-0.05, 0) is 13.8 Å². The number of carbonyl (C=O) groups excluding carboxylic acids is 1. The molecule has 1 heterocycles. The van der Waals surface area contributed by atoms with E-state index in [1.165, 1.54) is 6.20 Å². The fourth-order valence-electron chi connectivity index (χ4n) is 0.972. The molecule has 0 atom stereocenters. The molecule has 1 rings (SSSR count). The second kappa shape index (κ2) is 6.63. The number of hydrogen-bond acceptors (Lipinski definition) is 4. The van der Waals surface area contributed by atoms with Crippen molar-refractivity contribution in [2.75, 3.05) is 6.61 Å². The molecule has 7 heteroatoms. The van der Waals surface area contributed by atoms with Gasteiger partial charge in [0.2, 0.25) is 5.88 Å². The summed E-state index contributed by atoms with van der Waals surface area (Å²) in [4.78, 5) is 19.1. The Balaban J connectivity index is 2.62. The molecule has 0 aliphatic carbocycles. The number of nitrogens with one attached hydrogen (secondary N) is 1. The quantitative estimate of drug-likeness (QED) is 0.873. The molecule has 1 aromatic heterocycles. The van der Waals surface area contributed by atoms with Gasteiger partial charge in [0.25, 0.3) is 12.3 Å². The van der Waals surface area contributed by atoms with Gasteiger partial charge in [0.05, 0.1) is 12.4 Å². The van der Waals surface area contributed by atoms with Crippen LogP contribution in [0.2, 0.25) is 0 Å². The molecule has 98 valence electrons. The fraction of sp³-hybridized carbons (Fsp3) is 0.364. The maximum Gasteiger partial charge on any atom is 0.275 e. The molecule has 0 radical (unpaired) electrons. The SMILES string of the molecule is CC=C(C)NC(=O)c1cnc(OCC(F)F)cn1. The molecule has 0 fully saturated rings. The van der Waals surface area contributed by atoms with Crippen LogP contribution < -0.4 is 10.1 Å². The number of ether oxygens (including phenoxy) is 1. The van der Waals surface area contributed by atoms with Crippen molar-refractivity contribution in [1.82, 2.24) is 15.3 Å². The topological polar surface area (TPSA) is 64.1 Å². The lowest BCUT2D eigenvalue weighted by Crippen LogP contribution is -2.22. The summed E-state index contributed by atoms with van der Waals surface area (Å²) >= 11 is 0. The largest absolute Gasteiger partial charge is 0.470 e. The van der Waals surface area contributed by atoms with E-state index in [0.717, 1.165) is 6.20 Å². The van der Waals surface area contributed by atoms with Gasteiger partial charge < -0.3 is 10.1 Å². The summed E-state index contributed by atoms with van der Waals surface area (Å²) in [7, 11) is 0. The van der Waals surface area contributed by atoms with Crippen LogP contribution in [-0.2, 0) is 0 Å². The molecule has 0 aliphatic heterocycles. The highest BCUT2D eigenvalue weighted by atomic mass is 19.3. The summed E-state index contributed by atoms with van der Waals surface area (Å²) in [5.41, 5.74) is 0.764. The number of nitrogens with zero attached hydrogens (tertiary/aromatic N) is 2. The van der Waals surface area contributed by atoms with E-state index in [1.54, 1.807) is 19.9 Å². The summed E-state index contributed by atoms with van der Waals surface area (Å²) in [6, 6.07) is 0. The molecule has 0 aromatic carbocycles. The van der Waals surface area contributed by atoms with Gasteiger partial charge in [-0.3, -0.25) is 4.79 Å². The van der Waals surface area contributed by atoms with Crippen molar-refractivity contribution in [3.05, 3.63) is 29.9 Å². The van der Waals surface area contributed by atoms with Crippen LogP contribution in [0.4, 0.5) is 8.78 Å². The van der Waals surface area contributed by atoms with Crippen LogP contribution >= 0.6 is 0 Å². The molecule has 0 spiro atoms. The van der Waals surface area contributed by atoms with Crippen LogP contribution in [0, 0.1) is 0 Å². The zero-order valence-electron chi connectivity index (χ0n) is 9.98. The van der Waals surface area contributed by atoms with Gasteiger partial charge in [-0.1, -0.05) is 6.08 Å². The van der Waals surface area contributed by atoms with Crippen molar-refractivity contribution in [1.29, 1.82) is 0 Å². The van der Waals surface area contributed by atoms with E-state index in [0.29, 0.717) is 5.70 Å². The first kappa shape index (κ1) is 14.0. The summed E-state index contributed by atoms with van der Waals surface area (Å²) in [6.07, 6.45) is 1.44. The molecule has 0 bridgehead atoms. The van der Waals surface area contributed by atoms with E-state index in [9.17, 15) is 13.6 Å². The van der Waals surface area contributed by atoms with Gasteiger partial charge in [-0.15, -0.1) is 0 Å². The number of amides is 1. The van der Waals surface area contributed by atoms with E-state index < -0.39 is 18.9 Å². The summed E-state index contributed by atoms with van der Waals surface area (Å²) in [6.45, 7) is 2.76. The molecule has 5 nitrogen and oxygen atoms in total. The Morgan fingerprint density at radius 1 is 1.50 bits per heavy atom. The van der Waals surface area contributed by atoms with Crippen LogP contribution in [0.25, 0.3) is 0 Å². The molecular weight excluding hydrogens is 244 g/mol. The molecule has 1 aromatic rings. The van der Waals surface area contributed by atoms with Gasteiger partial charge in [-0.25, -0.2) is 18.7 Å². The van der Waals surface area contributed by atoms with Crippen molar-refractivity contribution in [3.63, 3.8) is 0 Å². The molecule has 0 unspecified atom stereocenters. The number of hydrogen-bond donors (Lipinski definition) is 1. The van der Waals surface area contributed by atoms with Gasteiger partial charge in [0.15, 0.2) is 6.61 Å². The number of rotatable bonds is 5. The minimum atomic E-state index is -2.58. The second-order valence-corrected chi connectivity index (χ2v) is 3.37. The van der Waals surface area contributed by atoms with Crippen molar-refractivity contribution in [2.24, 2.45) is 0 Å². The number of carbonyl (C=O) groups is 1. The summed E-state index contributed by atoms with van der Waals surface area (Å²) < 4.78 is 28.4. The Hall–Kier alpha value is -2.05. The van der Waals surface area contributed by atoms with Crippen molar-refractivity contribution < 1.29 is 18.3 Å². The minimum absolute atomic E-state index is 0.0467. The van der Waals surface area contributed by atoms with Crippen LogP contribution in [0.15, 0.2) is 24.2 Å². The van der Waals surface area contributed by atoms with Crippen molar-refractivity contribution in [3.8, 4) is 5.88 Å². The second-order valence-electron chi connectivity index (χ2n) is 3.37. The third kappa shape index (κ3) is 4.44. The van der Waals surface area contributed by atoms with Crippen LogP contribution in [0.5, 0.6) is 5.88 Å². The first-order chi connectivity index (χ1) is 8.52. The molecule has 0 saturated heterocycles. The average Bonchev–Trinajstić information content (AvgIpc) is 2.36.